The highest BCUT2D eigenvalue weighted by Crippen LogP contribution is 2.36. The largest absolute Gasteiger partial charge is 0.416 e. The highest BCUT2D eigenvalue weighted by molar-refractivity contribution is 9.10. The smallest absolute Gasteiger partial charge is 0.338 e. The molecule has 0 radical (unpaired) electrons. The predicted molar refractivity (Wildman–Crippen MR) is 112 cm³/mol. The Morgan fingerprint density at radius 1 is 1.27 bits per heavy atom. The molecule has 2 heterocycles. The number of carbonyl (C=O) groups excluding carboxylic acids is 1. The van der Waals surface area contributed by atoms with E-state index < -0.39 is 11.7 Å². The summed E-state index contributed by atoms with van der Waals surface area (Å²) in [6, 6.07) is 7.50. The molecule has 2 aromatic heterocycles. The van der Waals surface area contributed by atoms with Crippen molar-refractivity contribution in [1.29, 1.82) is 0 Å². The number of hydrogen-bond donors (Lipinski definition) is 0. The molecule has 0 unspecified atom stereocenters. The molecular weight excluding hydrogens is 459 g/mol. The number of amides is 1. The van der Waals surface area contributed by atoms with Crippen LogP contribution in [0, 0.1) is 12.8 Å². The normalized spacial score (nSPS) is 14.3. The van der Waals surface area contributed by atoms with Gasteiger partial charge >= 0.3 is 6.18 Å². The van der Waals surface area contributed by atoms with Crippen LogP contribution in [-0.2, 0) is 17.5 Å². The maximum atomic E-state index is 13.4. The summed E-state index contributed by atoms with van der Waals surface area (Å²) in [6.45, 7) is 4.28. The van der Waals surface area contributed by atoms with Crippen molar-refractivity contribution in [2.75, 3.05) is 6.54 Å². The van der Waals surface area contributed by atoms with E-state index in [4.69, 9.17) is 0 Å². The van der Waals surface area contributed by atoms with Crippen molar-refractivity contribution in [1.82, 2.24) is 14.5 Å². The zero-order chi connectivity index (χ0) is 21.6. The molecular formula is C22H21BrF3N3O. The van der Waals surface area contributed by atoms with Gasteiger partial charge in [-0.15, -0.1) is 0 Å². The monoisotopic (exact) mass is 479 g/mol. The third-order valence-corrected chi connectivity index (χ3v) is 6.02. The number of fused-ring (bicyclic) bond motifs is 1. The number of alkyl halides is 3. The highest BCUT2D eigenvalue weighted by atomic mass is 79.9. The van der Waals surface area contributed by atoms with Crippen molar-refractivity contribution in [3.63, 3.8) is 0 Å². The van der Waals surface area contributed by atoms with Gasteiger partial charge in [0.05, 0.1) is 11.3 Å². The van der Waals surface area contributed by atoms with E-state index in [0.29, 0.717) is 23.4 Å². The van der Waals surface area contributed by atoms with E-state index in [1.807, 2.05) is 32.2 Å². The number of aromatic nitrogens is 2. The lowest BCUT2D eigenvalue weighted by molar-refractivity contribution is -0.137. The summed E-state index contributed by atoms with van der Waals surface area (Å²) in [5.41, 5.74) is 1.75. The molecule has 8 heteroatoms. The molecule has 1 aliphatic rings. The van der Waals surface area contributed by atoms with Gasteiger partial charge in [0.2, 0.25) is 5.91 Å². The third kappa shape index (κ3) is 3.97. The molecule has 1 aromatic carbocycles. The van der Waals surface area contributed by atoms with Crippen LogP contribution in [0.5, 0.6) is 0 Å². The van der Waals surface area contributed by atoms with E-state index >= 15 is 0 Å². The quantitative estimate of drug-likeness (QED) is 0.458. The van der Waals surface area contributed by atoms with Crippen molar-refractivity contribution in [3.05, 3.63) is 57.8 Å². The Morgan fingerprint density at radius 2 is 2.00 bits per heavy atom. The van der Waals surface area contributed by atoms with Crippen LogP contribution in [-0.4, -0.2) is 26.9 Å². The topological polar surface area (TPSA) is 38.1 Å². The fraction of sp³-hybridized carbons (Fsp3) is 0.364. The van der Waals surface area contributed by atoms with Gasteiger partial charge in [-0.1, -0.05) is 0 Å². The Morgan fingerprint density at radius 3 is 2.63 bits per heavy atom. The lowest BCUT2D eigenvalue weighted by Crippen LogP contribution is -2.32. The van der Waals surface area contributed by atoms with Crippen LogP contribution in [0.4, 0.5) is 13.2 Å². The van der Waals surface area contributed by atoms with Crippen molar-refractivity contribution < 1.29 is 18.0 Å². The van der Waals surface area contributed by atoms with E-state index in [9.17, 15) is 18.0 Å². The summed E-state index contributed by atoms with van der Waals surface area (Å²) >= 11 is 3.52. The van der Waals surface area contributed by atoms with Gasteiger partial charge < -0.3 is 4.90 Å². The van der Waals surface area contributed by atoms with Crippen LogP contribution in [0.15, 0.2) is 41.0 Å². The number of rotatable bonds is 5. The van der Waals surface area contributed by atoms with Crippen LogP contribution >= 0.6 is 15.9 Å². The molecule has 1 amide bonds. The fourth-order valence-electron chi connectivity index (χ4n) is 3.60. The molecule has 0 atom stereocenters. The first-order chi connectivity index (χ1) is 14.2. The molecule has 4 nitrogen and oxygen atoms in total. The lowest BCUT2D eigenvalue weighted by Gasteiger charge is -2.24. The van der Waals surface area contributed by atoms with E-state index in [1.165, 1.54) is 6.07 Å². The van der Waals surface area contributed by atoms with Crippen molar-refractivity contribution in [2.45, 2.75) is 39.4 Å². The second-order valence-corrected chi connectivity index (χ2v) is 8.49. The van der Waals surface area contributed by atoms with Gasteiger partial charge in [0.15, 0.2) is 0 Å². The van der Waals surface area contributed by atoms with E-state index in [0.717, 1.165) is 40.5 Å². The zero-order valence-electron chi connectivity index (χ0n) is 16.6. The number of benzene rings is 1. The predicted octanol–water partition coefficient (Wildman–Crippen LogP) is 5.87. The maximum absolute atomic E-state index is 13.4. The van der Waals surface area contributed by atoms with Gasteiger partial charge in [-0.2, -0.15) is 13.2 Å². The van der Waals surface area contributed by atoms with Crippen LogP contribution in [0.1, 0.15) is 36.6 Å². The Kier molecular flexibility index (Phi) is 5.38. The molecule has 1 saturated carbocycles. The van der Waals surface area contributed by atoms with Crippen molar-refractivity contribution in [2.24, 2.45) is 5.92 Å². The first-order valence-electron chi connectivity index (χ1n) is 9.82. The molecule has 0 saturated heterocycles. The van der Waals surface area contributed by atoms with Gasteiger partial charge in [0.25, 0.3) is 0 Å². The van der Waals surface area contributed by atoms with Crippen LogP contribution in [0.2, 0.25) is 0 Å². The average Bonchev–Trinajstić information content (AvgIpc) is 3.49. The average molecular weight is 480 g/mol. The summed E-state index contributed by atoms with van der Waals surface area (Å²) in [6.07, 6.45) is -0.951. The number of hydrogen-bond acceptors (Lipinski definition) is 2. The third-order valence-electron chi connectivity index (χ3n) is 5.39. The lowest BCUT2D eigenvalue weighted by atomic mass is 10.1. The molecule has 158 valence electrons. The molecule has 0 aliphatic heterocycles. The molecule has 1 fully saturated rings. The first-order valence-corrected chi connectivity index (χ1v) is 10.6. The Labute approximate surface area is 180 Å². The molecule has 0 spiro atoms. The number of halogens is 4. The standard InChI is InChI=1S/C22H21BrF3N3O/c1-3-28(21(30)14-5-6-14)11-15-10-16(22(24,25)26)7-9-19(15)29-12-18(23)17-8-4-13(2)27-20(17)29/h4,7-10,12,14H,3,5-6,11H2,1-2H3. The minimum Gasteiger partial charge on any atom is -0.338 e. The Balaban J connectivity index is 1.85. The van der Waals surface area contributed by atoms with Crippen LogP contribution in [0.25, 0.3) is 16.7 Å². The summed E-state index contributed by atoms with van der Waals surface area (Å²) in [4.78, 5) is 18.8. The second-order valence-electron chi connectivity index (χ2n) is 7.64. The van der Waals surface area contributed by atoms with Crippen LogP contribution < -0.4 is 0 Å². The minimum atomic E-state index is -4.46. The zero-order valence-corrected chi connectivity index (χ0v) is 18.2. The first kappa shape index (κ1) is 20.9. The van der Waals surface area contributed by atoms with Crippen LogP contribution in [0.3, 0.4) is 0 Å². The summed E-state index contributed by atoms with van der Waals surface area (Å²) in [7, 11) is 0. The molecule has 0 bridgehead atoms. The minimum absolute atomic E-state index is 0.00469. The number of aryl methyl sites for hydroxylation is 1. The summed E-state index contributed by atoms with van der Waals surface area (Å²) < 4.78 is 42.9. The van der Waals surface area contributed by atoms with Gasteiger partial charge in [0, 0.05) is 40.8 Å². The van der Waals surface area contributed by atoms with Gasteiger partial charge in [-0.05, 0) is 78.5 Å². The van der Waals surface area contributed by atoms with E-state index in [-0.39, 0.29) is 18.4 Å². The Bertz CT molecular complexity index is 1120. The molecule has 30 heavy (non-hydrogen) atoms. The van der Waals surface area contributed by atoms with Crippen molar-refractivity contribution in [3.8, 4) is 5.69 Å². The molecule has 4 rings (SSSR count). The molecule has 3 aromatic rings. The van der Waals surface area contributed by atoms with E-state index in [2.05, 4.69) is 20.9 Å². The maximum Gasteiger partial charge on any atom is 0.416 e. The van der Waals surface area contributed by atoms with Gasteiger partial charge in [0.1, 0.15) is 5.65 Å². The highest BCUT2D eigenvalue weighted by Gasteiger charge is 2.34. The molecule has 0 N–H and O–H groups in total. The van der Waals surface area contributed by atoms with E-state index in [1.54, 1.807) is 9.47 Å². The number of carbonyl (C=O) groups is 1. The molecule has 1 aliphatic carbocycles. The van der Waals surface area contributed by atoms with Gasteiger partial charge in [-0.25, -0.2) is 4.98 Å². The SMILES string of the molecule is CCN(Cc1cc(C(F)(F)F)ccc1-n1cc(Br)c2ccc(C)nc21)C(=O)C1CC1. The van der Waals surface area contributed by atoms with Crippen molar-refractivity contribution >= 4 is 32.9 Å². The Hall–Kier alpha value is -2.35. The number of nitrogens with zero attached hydrogens (tertiary/aromatic N) is 3. The fourth-order valence-corrected chi connectivity index (χ4v) is 4.12. The summed E-state index contributed by atoms with van der Waals surface area (Å²) in [5.74, 6) is 0.0124. The van der Waals surface area contributed by atoms with Gasteiger partial charge in [-0.3, -0.25) is 9.36 Å². The summed E-state index contributed by atoms with van der Waals surface area (Å²) in [5, 5.41) is 0.868. The second kappa shape index (κ2) is 7.72. The number of pyridine rings is 1.